The van der Waals surface area contributed by atoms with E-state index in [0.717, 1.165) is 11.3 Å². The van der Waals surface area contributed by atoms with Crippen molar-refractivity contribution >= 4 is 28.4 Å². The maximum atomic E-state index is 11.6. The molecule has 1 aromatic carbocycles. The highest BCUT2D eigenvalue weighted by atomic mass is 35.5. The molecule has 0 aliphatic carbocycles. The fourth-order valence-electron chi connectivity index (χ4n) is 1.78. The third-order valence-electron chi connectivity index (χ3n) is 2.66. The highest BCUT2D eigenvalue weighted by Gasteiger charge is 2.20. The summed E-state index contributed by atoms with van der Waals surface area (Å²) in [5, 5.41) is 0.194. The number of carbonyl (C=O) groups excluding carboxylic acids is 1. The molecule has 1 aromatic heterocycles. The topological polar surface area (TPSA) is 30.0 Å². The van der Waals surface area contributed by atoms with Gasteiger partial charge < -0.3 is 0 Å². The van der Waals surface area contributed by atoms with Crippen LogP contribution in [0.25, 0.3) is 0 Å². The van der Waals surface area contributed by atoms with Gasteiger partial charge in [0.15, 0.2) is 0 Å². The first-order valence-corrected chi connectivity index (χ1v) is 6.27. The standard InChI is InChI=1S/C14H11Cl2NO/c15-11-5-3-4-10(8-11)13(14(16)18)9-12-6-1-2-7-17-12/h1-8,13H,9H2. The third kappa shape index (κ3) is 3.31. The summed E-state index contributed by atoms with van der Waals surface area (Å²) in [6.45, 7) is 0. The Kier molecular flexibility index (Phi) is 4.34. The van der Waals surface area contributed by atoms with Crippen molar-refractivity contribution in [3.8, 4) is 0 Å². The molecule has 0 N–H and O–H groups in total. The van der Waals surface area contributed by atoms with Crippen molar-refractivity contribution in [1.29, 1.82) is 0 Å². The summed E-state index contributed by atoms with van der Waals surface area (Å²) in [6.07, 6.45) is 2.17. The van der Waals surface area contributed by atoms with Crippen LogP contribution in [-0.4, -0.2) is 10.2 Å². The Hall–Kier alpha value is -1.38. The molecule has 0 spiro atoms. The second-order valence-electron chi connectivity index (χ2n) is 3.94. The number of benzene rings is 1. The minimum Gasteiger partial charge on any atom is -0.281 e. The Morgan fingerprint density at radius 2 is 2.06 bits per heavy atom. The number of aromatic nitrogens is 1. The molecule has 0 fully saturated rings. The van der Waals surface area contributed by atoms with Gasteiger partial charge in [0.2, 0.25) is 5.24 Å². The van der Waals surface area contributed by atoms with Gasteiger partial charge in [0.25, 0.3) is 0 Å². The van der Waals surface area contributed by atoms with Crippen LogP contribution in [0.15, 0.2) is 48.7 Å². The van der Waals surface area contributed by atoms with Gasteiger partial charge in [0, 0.05) is 23.3 Å². The molecular weight excluding hydrogens is 269 g/mol. The minimum atomic E-state index is -0.416. The zero-order valence-electron chi connectivity index (χ0n) is 9.51. The average molecular weight is 280 g/mol. The number of halogens is 2. The number of pyridine rings is 1. The van der Waals surface area contributed by atoms with Crippen LogP contribution in [0.1, 0.15) is 17.2 Å². The maximum Gasteiger partial charge on any atom is 0.229 e. The molecule has 1 unspecified atom stereocenters. The van der Waals surface area contributed by atoms with E-state index in [1.54, 1.807) is 18.3 Å². The van der Waals surface area contributed by atoms with Gasteiger partial charge in [-0.2, -0.15) is 0 Å². The van der Waals surface area contributed by atoms with Crippen LogP contribution in [0, 0.1) is 0 Å². The summed E-state index contributed by atoms with van der Waals surface area (Å²) in [4.78, 5) is 15.8. The Morgan fingerprint density at radius 1 is 1.22 bits per heavy atom. The zero-order chi connectivity index (χ0) is 13.0. The monoisotopic (exact) mass is 279 g/mol. The molecule has 4 heteroatoms. The summed E-state index contributed by atoms with van der Waals surface area (Å²) in [7, 11) is 0. The van der Waals surface area contributed by atoms with Crippen molar-refractivity contribution in [2.24, 2.45) is 0 Å². The zero-order valence-corrected chi connectivity index (χ0v) is 11.0. The summed E-state index contributed by atoms with van der Waals surface area (Å²) in [6, 6.07) is 12.8. The van der Waals surface area contributed by atoms with E-state index in [1.165, 1.54) is 0 Å². The molecule has 0 amide bonds. The van der Waals surface area contributed by atoms with Crippen LogP contribution in [0.5, 0.6) is 0 Å². The van der Waals surface area contributed by atoms with Gasteiger partial charge in [-0.25, -0.2) is 0 Å². The fraction of sp³-hybridized carbons (Fsp3) is 0.143. The van der Waals surface area contributed by atoms with Crippen LogP contribution < -0.4 is 0 Å². The molecule has 92 valence electrons. The smallest absolute Gasteiger partial charge is 0.229 e. The van der Waals surface area contributed by atoms with Gasteiger partial charge in [0.1, 0.15) is 0 Å². The van der Waals surface area contributed by atoms with Crippen molar-refractivity contribution < 1.29 is 4.79 Å². The van der Waals surface area contributed by atoms with Gasteiger partial charge in [-0.1, -0.05) is 29.8 Å². The number of rotatable bonds is 4. The molecule has 1 atom stereocenters. The minimum absolute atomic E-state index is 0.400. The highest BCUT2D eigenvalue weighted by molar-refractivity contribution is 6.64. The predicted molar refractivity (Wildman–Crippen MR) is 73.0 cm³/mol. The van der Waals surface area contributed by atoms with E-state index < -0.39 is 11.2 Å². The van der Waals surface area contributed by atoms with E-state index >= 15 is 0 Å². The SMILES string of the molecule is O=C(Cl)C(Cc1ccccn1)c1cccc(Cl)c1. The van der Waals surface area contributed by atoms with Crippen molar-refractivity contribution in [1.82, 2.24) is 4.98 Å². The van der Waals surface area contributed by atoms with E-state index in [0.29, 0.717) is 11.4 Å². The Labute approximate surface area is 116 Å². The molecule has 0 bridgehead atoms. The normalized spacial score (nSPS) is 12.1. The van der Waals surface area contributed by atoms with Gasteiger partial charge in [0.05, 0.1) is 5.92 Å². The van der Waals surface area contributed by atoms with E-state index in [4.69, 9.17) is 23.2 Å². The maximum absolute atomic E-state index is 11.6. The quantitative estimate of drug-likeness (QED) is 0.797. The second-order valence-corrected chi connectivity index (χ2v) is 4.75. The van der Waals surface area contributed by atoms with Gasteiger partial charge in [-0.15, -0.1) is 0 Å². The van der Waals surface area contributed by atoms with Crippen LogP contribution in [0.4, 0.5) is 0 Å². The summed E-state index contributed by atoms with van der Waals surface area (Å²) < 4.78 is 0. The average Bonchev–Trinajstić information content (AvgIpc) is 2.37. The van der Waals surface area contributed by atoms with Crippen LogP contribution in [0.3, 0.4) is 0 Å². The summed E-state index contributed by atoms with van der Waals surface area (Å²) >= 11 is 11.6. The lowest BCUT2D eigenvalue weighted by Gasteiger charge is -2.12. The molecule has 0 saturated heterocycles. The first kappa shape index (κ1) is 13.1. The first-order chi connectivity index (χ1) is 8.66. The Bertz CT molecular complexity index is 543. The van der Waals surface area contributed by atoms with Gasteiger partial charge in [-0.05, 0) is 41.4 Å². The Balaban J connectivity index is 2.27. The third-order valence-corrected chi connectivity index (χ3v) is 3.16. The molecule has 1 heterocycles. The fourth-order valence-corrected chi connectivity index (χ4v) is 2.18. The lowest BCUT2D eigenvalue weighted by atomic mass is 9.95. The molecule has 2 rings (SSSR count). The Morgan fingerprint density at radius 3 is 2.67 bits per heavy atom. The van der Waals surface area contributed by atoms with Crippen LogP contribution in [0.2, 0.25) is 5.02 Å². The number of nitrogens with zero attached hydrogens (tertiary/aromatic N) is 1. The first-order valence-electron chi connectivity index (χ1n) is 5.51. The van der Waals surface area contributed by atoms with Crippen molar-refractivity contribution in [2.45, 2.75) is 12.3 Å². The van der Waals surface area contributed by atoms with E-state index in [1.807, 2.05) is 30.3 Å². The van der Waals surface area contributed by atoms with Crippen molar-refractivity contribution in [3.63, 3.8) is 0 Å². The molecule has 2 nitrogen and oxygen atoms in total. The van der Waals surface area contributed by atoms with Gasteiger partial charge >= 0.3 is 0 Å². The molecule has 0 saturated carbocycles. The molecule has 18 heavy (non-hydrogen) atoms. The summed E-state index contributed by atoms with van der Waals surface area (Å²) in [5.74, 6) is -0.416. The van der Waals surface area contributed by atoms with Crippen molar-refractivity contribution in [2.75, 3.05) is 0 Å². The van der Waals surface area contributed by atoms with Crippen LogP contribution >= 0.6 is 23.2 Å². The molecule has 0 radical (unpaired) electrons. The molecule has 2 aromatic rings. The second kappa shape index (κ2) is 5.98. The lowest BCUT2D eigenvalue weighted by Crippen LogP contribution is -2.11. The van der Waals surface area contributed by atoms with E-state index in [9.17, 15) is 4.79 Å². The number of carbonyl (C=O) groups is 1. The number of hydrogen-bond donors (Lipinski definition) is 0. The largest absolute Gasteiger partial charge is 0.281 e. The highest BCUT2D eigenvalue weighted by Crippen LogP contribution is 2.25. The van der Waals surface area contributed by atoms with Crippen molar-refractivity contribution in [3.05, 3.63) is 64.9 Å². The molecule has 0 aliphatic rings. The van der Waals surface area contributed by atoms with E-state index in [2.05, 4.69) is 4.98 Å². The lowest BCUT2D eigenvalue weighted by molar-refractivity contribution is -0.113. The number of hydrogen-bond acceptors (Lipinski definition) is 2. The molecular formula is C14H11Cl2NO. The predicted octanol–water partition coefficient (Wildman–Crippen LogP) is 3.83. The van der Waals surface area contributed by atoms with Crippen LogP contribution in [-0.2, 0) is 11.2 Å². The molecule has 0 aliphatic heterocycles. The van der Waals surface area contributed by atoms with E-state index in [-0.39, 0.29) is 0 Å². The summed E-state index contributed by atoms with van der Waals surface area (Å²) in [5.41, 5.74) is 1.64. The van der Waals surface area contributed by atoms with Gasteiger partial charge in [-0.3, -0.25) is 9.78 Å².